The third-order valence-corrected chi connectivity index (χ3v) is 14.7. The fourth-order valence-corrected chi connectivity index (χ4v) is 10.7. The number of carbonyl (C=O) groups excluding carboxylic acids is 9. The average molecular weight is 1100 g/mol. The Labute approximate surface area is 460 Å². The van der Waals surface area contributed by atoms with Crippen LogP contribution in [0.1, 0.15) is 124 Å². The molecule has 3 aliphatic heterocycles. The maximum atomic E-state index is 15.5. The minimum atomic E-state index is -2.07. The number of ether oxygens (including phenoxy) is 3. The molecule has 0 spiro atoms. The van der Waals surface area contributed by atoms with Crippen molar-refractivity contribution in [3.8, 4) is 11.4 Å². The van der Waals surface area contributed by atoms with E-state index in [-0.39, 0.29) is 87.3 Å². The van der Waals surface area contributed by atoms with Gasteiger partial charge in [-0.25, -0.2) is 14.2 Å². The number of Topliss-reactive ketones (excluding diaryl/α,β-unsaturated/α-hetero) is 1. The van der Waals surface area contributed by atoms with Crippen molar-refractivity contribution in [2.24, 2.45) is 5.92 Å². The van der Waals surface area contributed by atoms with Crippen LogP contribution in [0.25, 0.3) is 22.3 Å². The summed E-state index contributed by atoms with van der Waals surface area (Å²) in [6, 6.07) is 10.3. The normalized spacial score (nSPS) is 17.7. The third kappa shape index (κ3) is 13.2. The van der Waals surface area contributed by atoms with Crippen molar-refractivity contribution in [3.05, 3.63) is 110 Å². The molecule has 4 atom stereocenters. The molecule has 0 unspecified atom stereocenters. The fraction of sp³-hybridized carbons (Fsp3) is 0.466. The summed E-state index contributed by atoms with van der Waals surface area (Å²) in [6.07, 6.45) is 4.19. The number of halogens is 1. The van der Waals surface area contributed by atoms with Gasteiger partial charge in [0.15, 0.2) is 11.4 Å². The molecule has 5 N–H and O–H groups in total. The van der Waals surface area contributed by atoms with E-state index in [0.717, 1.165) is 10.5 Å². The van der Waals surface area contributed by atoms with E-state index in [2.05, 4.69) is 21.3 Å². The Bertz CT molecular complexity index is 3240. The second-order valence-corrected chi connectivity index (χ2v) is 21.6. The second-order valence-electron chi connectivity index (χ2n) is 21.6. The first-order valence-electron chi connectivity index (χ1n) is 26.9. The Balaban J connectivity index is 0.873. The smallest absolute Gasteiger partial charge is 0.343 e. The molecule has 2 aromatic carbocycles. The van der Waals surface area contributed by atoms with E-state index < -0.39 is 95.7 Å². The number of cyclic esters (lactones) is 1. The first-order valence-corrected chi connectivity index (χ1v) is 26.9. The first-order chi connectivity index (χ1) is 38.0. The van der Waals surface area contributed by atoms with Gasteiger partial charge in [0, 0.05) is 60.0 Å². The topological polar surface area (TPSA) is 288 Å². The molecule has 22 heteroatoms. The van der Waals surface area contributed by atoms with Crippen molar-refractivity contribution in [3.63, 3.8) is 0 Å². The van der Waals surface area contributed by atoms with E-state index in [9.17, 15) is 53.1 Å². The lowest BCUT2D eigenvalue weighted by Crippen LogP contribution is -2.44. The number of rotatable bonds is 24. The van der Waals surface area contributed by atoms with Gasteiger partial charge in [0.1, 0.15) is 24.6 Å². The van der Waals surface area contributed by atoms with E-state index in [1.165, 1.54) is 22.8 Å². The molecule has 4 aliphatic rings. The molecule has 4 aromatic rings. The molecule has 80 heavy (non-hydrogen) atoms. The van der Waals surface area contributed by atoms with Gasteiger partial charge in [0.2, 0.25) is 23.6 Å². The monoisotopic (exact) mass is 1100 g/mol. The van der Waals surface area contributed by atoms with E-state index in [1.807, 2.05) is 0 Å². The summed E-state index contributed by atoms with van der Waals surface area (Å²) in [5.41, 5.74) is 0.947. The lowest BCUT2D eigenvalue weighted by atomic mass is 9.81. The zero-order valence-electron chi connectivity index (χ0n) is 45.4. The summed E-state index contributed by atoms with van der Waals surface area (Å²) in [4.78, 5) is 136. The van der Waals surface area contributed by atoms with Gasteiger partial charge in [-0.05, 0) is 94.5 Å². The average Bonchev–Trinajstić information content (AvgIpc) is 3.94. The molecule has 424 valence electrons. The number of carbonyl (C=O) groups is 9. The van der Waals surface area contributed by atoms with Crippen LogP contribution in [-0.4, -0.2) is 117 Å². The largest absolute Gasteiger partial charge is 0.460 e. The molecule has 0 bridgehead atoms. The van der Waals surface area contributed by atoms with E-state index in [0.29, 0.717) is 76.6 Å². The summed E-state index contributed by atoms with van der Waals surface area (Å²) < 4.78 is 33.2. The van der Waals surface area contributed by atoms with Gasteiger partial charge in [-0.15, -0.1) is 0 Å². The molecule has 0 radical (unpaired) electrons. The predicted octanol–water partition coefficient (Wildman–Crippen LogP) is 3.40. The lowest BCUT2D eigenvalue weighted by molar-refractivity contribution is -0.172. The number of aryl methyl sites for hydroxylation is 1. The van der Waals surface area contributed by atoms with Crippen molar-refractivity contribution in [1.29, 1.82) is 0 Å². The summed E-state index contributed by atoms with van der Waals surface area (Å²) in [5, 5.41) is 23.0. The first kappa shape index (κ1) is 58.2. The van der Waals surface area contributed by atoms with Crippen molar-refractivity contribution in [2.75, 3.05) is 32.8 Å². The van der Waals surface area contributed by atoms with Crippen LogP contribution in [0, 0.1) is 18.7 Å². The Hall–Kier alpha value is -7.98. The number of esters is 2. The number of amides is 6. The lowest BCUT2D eigenvalue weighted by Gasteiger charge is -2.31. The summed E-state index contributed by atoms with van der Waals surface area (Å²) >= 11 is 0. The number of ketones is 1. The van der Waals surface area contributed by atoms with Crippen LogP contribution in [0.5, 0.6) is 0 Å². The van der Waals surface area contributed by atoms with Gasteiger partial charge >= 0.3 is 11.9 Å². The van der Waals surface area contributed by atoms with Gasteiger partial charge in [-0.3, -0.25) is 48.1 Å². The Morgan fingerprint density at radius 1 is 0.912 bits per heavy atom. The van der Waals surface area contributed by atoms with Crippen LogP contribution in [0.15, 0.2) is 59.4 Å². The molecule has 1 aliphatic carbocycles. The molecule has 5 heterocycles. The summed E-state index contributed by atoms with van der Waals surface area (Å²) in [7, 11) is 0. The zero-order valence-corrected chi connectivity index (χ0v) is 45.4. The van der Waals surface area contributed by atoms with Gasteiger partial charge in [-0.2, -0.15) is 0 Å². The molecular weight excluding hydrogens is 1040 g/mol. The molecule has 0 saturated carbocycles. The molecule has 0 fully saturated rings. The number of benzene rings is 2. The maximum absolute atomic E-state index is 15.5. The molecule has 8 rings (SSSR count). The van der Waals surface area contributed by atoms with Crippen LogP contribution < -0.4 is 26.8 Å². The number of hydrogen-bond acceptors (Lipinski definition) is 15. The number of nitrogens with zero attached hydrogens (tertiary/aromatic N) is 3. The van der Waals surface area contributed by atoms with E-state index >= 15 is 4.39 Å². The molecule has 0 saturated heterocycles. The Morgan fingerprint density at radius 2 is 1.65 bits per heavy atom. The van der Waals surface area contributed by atoms with Crippen molar-refractivity contribution >= 4 is 64.1 Å². The van der Waals surface area contributed by atoms with Crippen molar-refractivity contribution in [2.45, 2.75) is 135 Å². The Kier molecular flexibility index (Phi) is 17.9. The molecule has 2 aromatic heterocycles. The number of aliphatic hydroxyl groups is 1. The number of aromatic nitrogens is 2. The Morgan fingerprint density at radius 3 is 2.36 bits per heavy atom. The number of hydrogen-bond donors (Lipinski definition) is 5. The van der Waals surface area contributed by atoms with Crippen molar-refractivity contribution in [1.82, 2.24) is 35.7 Å². The van der Waals surface area contributed by atoms with Gasteiger partial charge in [0.25, 0.3) is 17.4 Å². The highest BCUT2D eigenvalue weighted by Gasteiger charge is 2.46. The fourth-order valence-electron chi connectivity index (χ4n) is 10.7. The highest BCUT2D eigenvalue weighted by atomic mass is 19.1. The quantitative estimate of drug-likeness (QED) is 0.0336. The van der Waals surface area contributed by atoms with Crippen LogP contribution >= 0.6 is 0 Å². The van der Waals surface area contributed by atoms with Gasteiger partial charge in [-0.1, -0.05) is 43.7 Å². The van der Waals surface area contributed by atoms with Gasteiger partial charge < -0.3 is 45.2 Å². The minimum Gasteiger partial charge on any atom is -0.460 e. The molecular formula is C58H66FN7O14. The zero-order chi connectivity index (χ0) is 57.6. The minimum absolute atomic E-state index is 0.0314. The van der Waals surface area contributed by atoms with E-state index in [4.69, 9.17) is 19.2 Å². The number of nitrogens with one attached hydrogen (secondary N) is 4. The second kappa shape index (κ2) is 24.6. The SMILES string of the molecule is CC[C@@]1(O)C(=O)OCc2c1cc1n(c2=O)Cc2c-1nc1cc(F)c(C)c3c1c2[C@@H](NC(=O)CNC(=O)[C@@H](CC(=O)CNC(=O)COC[C@H](CC(=O)OC(C)(C)C)NC(=O)CCCCCN1C(=O)C=CC1=O)Cc1ccccc1)CC3. The highest BCUT2D eigenvalue weighted by Crippen LogP contribution is 2.46. The van der Waals surface area contributed by atoms with Crippen LogP contribution in [0.3, 0.4) is 0 Å². The summed E-state index contributed by atoms with van der Waals surface area (Å²) in [6.45, 7) is 6.55. The predicted molar refractivity (Wildman–Crippen MR) is 285 cm³/mol. The van der Waals surface area contributed by atoms with Gasteiger partial charge in [0.05, 0.1) is 67.2 Å². The summed E-state index contributed by atoms with van der Waals surface area (Å²) in [5.74, 6) is -6.41. The van der Waals surface area contributed by atoms with Crippen LogP contribution in [-0.2, 0) is 89.0 Å². The third-order valence-electron chi connectivity index (χ3n) is 14.7. The van der Waals surface area contributed by atoms with Crippen molar-refractivity contribution < 1.29 is 66.9 Å². The van der Waals surface area contributed by atoms with Crippen LogP contribution in [0.4, 0.5) is 4.39 Å². The number of imide groups is 1. The number of pyridine rings is 2. The standard InChI is InChI=1S/C58H66FN7O14/c1-6-58(77)40-24-44-53-38(28-66(44)55(75)39(40)30-79-56(58)76)52-42(17-16-37-32(2)41(59)25-43(64-53)51(37)52)63-46(69)27-61-54(74)34(21-33-13-9-7-10-14-33)22-36(67)26-60-47(70)31-78-29-35(23-50(73)80-57(3,4)5)62-45(68)15-11-8-12-20-65-48(71)18-19-49(65)72/h7,9-10,13-14,18-19,24-25,34-35,42,77H,6,8,11-12,15-17,20-23,26-31H2,1-5H3,(H,60,70)(H,61,74)(H,62,68)(H,63,69)/t34-,35+,42+,58+/m1/s1. The molecule has 21 nitrogen and oxygen atoms in total. The maximum Gasteiger partial charge on any atom is 0.343 e. The molecule has 6 amide bonds. The number of fused-ring (bicyclic) bond motifs is 5. The number of unbranched alkanes of at least 4 members (excludes halogenated alkanes) is 2. The van der Waals surface area contributed by atoms with E-state index in [1.54, 1.807) is 71.0 Å². The highest BCUT2D eigenvalue weighted by molar-refractivity contribution is 6.12. The van der Waals surface area contributed by atoms with Crippen LogP contribution in [0.2, 0.25) is 0 Å².